The smallest absolute Gasteiger partial charge is 0.0722 e. The van der Waals surface area contributed by atoms with Gasteiger partial charge in [-0.3, -0.25) is 4.98 Å². The topological polar surface area (TPSA) is 12.9 Å². The average Bonchev–Trinajstić information content (AvgIpc) is 2.84. The van der Waals surface area contributed by atoms with Gasteiger partial charge in [0.05, 0.1) is 5.69 Å². The van der Waals surface area contributed by atoms with Crippen LogP contribution in [0.4, 0.5) is 0 Å². The lowest BCUT2D eigenvalue weighted by molar-refractivity contribution is 1.18. The van der Waals surface area contributed by atoms with Crippen molar-refractivity contribution in [3.63, 3.8) is 0 Å². The van der Waals surface area contributed by atoms with Gasteiger partial charge in [0.2, 0.25) is 0 Å². The molecule has 2 heteroatoms. The molecule has 0 atom stereocenters. The van der Waals surface area contributed by atoms with Crippen molar-refractivity contribution >= 4 is 31.5 Å². The summed E-state index contributed by atoms with van der Waals surface area (Å²) < 4.78 is 2.67. The lowest BCUT2D eigenvalue weighted by Gasteiger charge is -2.05. The van der Waals surface area contributed by atoms with Gasteiger partial charge in [-0.2, -0.15) is 0 Å². The van der Waals surface area contributed by atoms with Gasteiger partial charge in [0, 0.05) is 31.4 Å². The normalized spacial score (nSPS) is 11.3. The highest BCUT2D eigenvalue weighted by molar-refractivity contribution is 7.26. The summed E-state index contributed by atoms with van der Waals surface area (Å²) in [6, 6.07) is 19.4. The van der Waals surface area contributed by atoms with E-state index in [1.165, 1.54) is 31.3 Å². The molecule has 0 bridgehead atoms. The van der Waals surface area contributed by atoms with E-state index in [0.29, 0.717) is 0 Å². The third-order valence-corrected chi connectivity index (χ3v) is 5.00. The third kappa shape index (κ3) is 2.03. The summed E-state index contributed by atoms with van der Waals surface area (Å²) in [6.07, 6.45) is 0. The standard InChI is InChI=1S/C19H15NS/c1-12-10-13(2)20-17(11-12)16-8-5-7-15-14-6-3-4-9-18(14)21-19(15)16/h3-11H,1-2H3. The Morgan fingerprint density at radius 2 is 1.67 bits per heavy atom. The number of benzene rings is 2. The van der Waals surface area contributed by atoms with Crippen molar-refractivity contribution in [3.05, 3.63) is 65.9 Å². The fraction of sp³-hybridized carbons (Fsp3) is 0.105. The summed E-state index contributed by atoms with van der Waals surface area (Å²) in [5.41, 5.74) is 4.64. The van der Waals surface area contributed by atoms with Crippen LogP contribution in [0.5, 0.6) is 0 Å². The maximum atomic E-state index is 4.73. The van der Waals surface area contributed by atoms with Crippen molar-refractivity contribution in [2.24, 2.45) is 0 Å². The molecule has 4 aromatic rings. The lowest BCUT2D eigenvalue weighted by atomic mass is 10.1. The van der Waals surface area contributed by atoms with Gasteiger partial charge in [-0.1, -0.05) is 36.4 Å². The zero-order valence-corrected chi connectivity index (χ0v) is 12.9. The molecule has 1 nitrogen and oxygen atoms in total. The largest absolute Gasteiger partial charge is 0.253 e. The number of hydrogen-bond acceptors (Lipinski definition) is 2. The van der Waals surface area contributed by atoms with Crippen LogP contribution in [0.25, 0.3) is 31.4 Å². The van der Waals surface area contributed by atoms with Gasteiger partial charge in [0.15, 0.2) is 0 Å². The maximum absolute atomic E-state index is 4.73. The molecule has 2 aromatic carbocycles. The third-order valence-electron chi connectivity index (χ3n) is 3.78. The van der Waals surface area contributed by atoms with Crippen LogP contribution in [0, 0.1) is 13.8 Å². The summed E-state index contributed by atoms with van der Waals surface area (Å²) >= 11 is 1.85. The van der Waals surface area contributed by atoms with Crippen LogP contribution in [0.1, 0.15) is 11.3 Å². The second-order valence-corrected chi connectivity index (χ2v) is 6.50. The number of aromatic nitrogens is 1. The molecule has 0 saturated carbocycles. The highest BCUT2D eigenvalue weighted by Crippen LogP contribution is 2.39. The van der Waals surface area contributed by atoms with Crippen LogP contribution >= 0.6 is 11.3 Å². The average molecular weight is 289 g/mol. The molecule has 4 rings (SSSR count). The van der Waals surface area contributed by atoms with Crippen LogP contribution < -0.4 is 0 Å². The molecule has 0 unspecified atom stereocenters. The van der Waals surface area contributed by atoms with Crippen molar-refractivity contribution in [3.8, 4) is 11.3 Å². The molecule has 102 valence electrons. The van der Waals surface area contributed by atoms with Crippen molar-refractivity contribution in [2.75, 3.05) is 0 Å². The van der Waals surface area contributed by atoms with Crippen LogP contribution in [-0.2, 0) is 0 Å². The molecule has 0 saturated heterocycles. The van der Waals surface area contributed by atoms with Gasteiger partial charge in [-0.15, -0.1) is 11.3 Å². The molecule has 0 spiro atoms. The molecule has 2 aromatic heterocycles. The lowest BCUT2D eigenvalue weighted by Crippen LogP contribution is -1.88. The molecule has 2 heterocycles. The van der Waals surface area contributed by atoms with Gasteiger partial charge < -0.3 is 0 Å². The minimum Gasteiger partial charge on any atom is -0.253 e. The zero-order valence-electron chi connectivity index (χ0n) is 12.1. The van der Waals surface area contributed by atoms with Crippen LogP contribution in [0.15, 0.2) is 54.6 Å². The van der Waals surface area contributed by atoms with E-state index >= 15 is 0 Å². The highest BCUT2D eigenvalue weighted by Gasteiger charge is 2.11. The van der Waals surface area contributed by atoms with Crippen molar-refractivity contribution in [2.45, 2.75) is 13.8 Å². The fourth-order valence-electron chi connectivity index (χ4n) is 2.93. The van der Waals surface area contributed by atoms with Gasteiger partial charge in [0.25, 0.3) is 0 Å². The van der Waals surface area contributed by atoms with Gasteiger partial charge in [-0.25, -0.2) is 0 Å². The molecule has 0 amide bonds. The Morgan fingerprint density at radius 1 is 0.857 bits per heavy atom. The number of nitrogens with zero attached hydrogens (tertiary/aromatic N) is 1. The zero-order chi connectivity index (χ0) is 14.4. The monoisotopic (exact) mass is 289 g/mol. The number of pyridine rings is 1. The van der Waals surface area contributed by atoms with E-state index in [1.54, 1.807) is 0 Å². The predicted molar refractivity (Wildman–Crippen MR) is 92.0 cm³/mol. The van der Waals surface area contributed by atoms with Crippen LogP contribution in [-0.4, -0.2) is 4.98 Å². The van der Waals surface area contributed by atoms with E-state index in [9.17, 15) is 0 Å². The predicted octanol–water partition coefficient (Wildman–Crippen LogP) is 5.73. The van der Waals surface area contributed by atoms with E-state index in [0.717, 1.165) is 11.4 Å². The summed E-state index contributed by atoms with van der Waals surface area (Å²) in [4.78, 5) is 4.73. The Kier molecular flexibility index (Phi) is 2.79. The molecule has 0 N–H and O–H groups in total. The fourth-order valence-corrected chi connectivity index (χ4v) is 4.15. The minimum atomic E-state index is 1.07. The molecule has 0 aliphatic heterocycles. The van der Waals surface area contributed by atoms with Crippen molar-refractivity contribution in [1.29, 1.82) is 0 Å². The van der Waals surface area contributed by atoms with Gasteiger partial charge in [0.1, 0.15) is 0 Å². The molecule has 0 radical (unpaired) electrons. The second-order valence-electron chi connectivity index (χ2n) is 5.45. The van der Waals surface area contributed by atoms with Crippen molar-refractivity contribution < 1.29 is 0 Å². The van der Waals surface area contributed by atoms with E-state index in [4.69, 9.17) is 4.98 Å². The Balaban J connectivity index is 2.09. The quantitative estimate of drug-likeness (QED) is 0.436. The minimum absolute atomic E-state index is 1.07. The van der Waals surface area contributed by atoms with Gasteiger partial charge >= 0.3 is 0 Å². The molecule has 21 heavy (non-hydrogen) atoms. The summed E-state index contributed by atoms with van der Waals surface area (Å²) in [5, 5.41) is 2.66. The maximum Gasteiger partial charge on any atom is 0.0722 e. The number of hydrogen-bond donors (Lipinski definition) is 0. The number of rotatable bonds is 1. The number of fused-ring (bicyclic) bond motifs is 3. The Morgan fingerprint density at radius 3 is 2.52 bits per heavy atom. The summed E-state index contributed by atoms with van der Waals surface area (Å²) in [5.74, 6) is 0. The number of aryl methyl sites for hydroxylation is 2. The molecule has 0 aliphatic rings. The van der Waals surface area contributed by atoms with E-state index < -0.39 is 0 Å². The second kappa shape index (κ2) is 4.68. The van der Waals surface area contributed by atoms with E-state index in [-0.39, 0.29) is 0 Å². The molecule has 0 aliphatic carbocycles. The first kappa shape index (κ1) is 12.5. The van der Waals surface area contributed by atoms with Gasteiger partial charge in [-0.05, 0) is 37.6 Å². The molecule has 0 fully saturated rings. The first-order valence-corrected chi connectivity index (χ1v) is 7.90. The van der Waals surface area contributed by atoms with E-state index in [2.05, 4.69) is 68.4 Å². The van der Waals surface area contributed by atoms with Crippen LogP contribution in [0.3, 0.4) is 0 Å². The van der Waals surface area contributed by atoms with Crippen LogP contribution in [0.2, 0.25) is 0 Å². The Hall–Kier alpha value is -2.19. The number of thiophene rings is 1. The first-order valence-electron chi connectivity index (χ1n) is 7.08. The Bertz CT molecular complexity index is 946. The summed E-state index contributed by atoms with van der Waals surface area (Å²) in [6.45, 7) is 4.19. The SMILES string of the molecule is Cc1cc(C)nc(-c2cccc3c2sc2ccccc23)c1. The highest BCUT2D eigenvalue weighted by atomic mass is 32.1. The Labute approximate surface area is 127 Å². The summed E-state index contributed by atoms with van der Waals surface area (Å²) in [7, 11) is 0. The molecular weight excluding hydrogens is 274 g/mol. The molecular formula is C19H15NS. The van der Waals surface area contributed by atoms with E-state index in [1.807, 2.05) is 11.3 Å². The van der Waals surface area contributed by atoms with Crippen molar-refractivity contribution in [1.82, 2.24) is 4.98 Å². The first-order chi connectivity index (χ1) is 10.2.